The molecule has 3 rings (SSSR count). The van der Waals surface area contributed by atoms with Crippen LogP contribution in [0.5, 0.6) is 5.75 Å². The predicted molar refractivity (Wildman–Crippen MR) is 124 cm³/mol. The molecule has 180 valence electrons. The second-order valence-electron chi connectivity index (χ2n) is 9.26. The van der Waals surface area contributed by atoms with Gasteiger partial charge in [0, 0.05) is 13.1 Å². The maximum Gasteiger partial charge on any atom is 0.410 e. The largest absolute Gasteiger partial charge is 0.488 e. The Morgan fingerprint density at radius 3 is 2.36 bits per heavy atom. The van der Waals surface area contributed by atoms with Gasteiger partial charge in [-0.2, -0.15) is 0 Å². The van der Waals surface area contributed by atoms with E-state index < -0.39 is 21.4 Å². The SMILES string of the molecule is Cc1ccc(S(=O)(=O)Nc2cccc(F)c2OCC2CCN(C(=O)OC(C)(C)C)CC2)cc1. The molecule has 1 saturated heterocycles. The van der Waals surface area contributed by atoms with Crippen LogP contribution in [-0.4, -0.2) is 44.7 Å². The van der Waals surface area contributed by atoms with Gasteiger partial charge in [0.15, 0.2) is 11.6 Å². The van der Waals surface area contributed by atoms with E-state index in [0.29, 0.717) is 25.9 Å². The number of nitrogens with one attached hydrogen (secondary N) is 1. The maximum atomic E-state index is 14.5. The van der Waals surface area contributed by atoms with Crippen LogP contribution < -0.4 is 9.46 Å². The maximum absolute atomic E-state index is 14.5. The smallest absolute Gasteiger partial charge is 0.410 e. The summed E-state index contributed by atoms with van der Waals surface area (Å²) >= 11 is 0. The quantitative estimate of drug-likeness (QED) is 0.634. The number of sulfonamides is 1. The highest BCUT2D eigenvalue weighted by molar-refractivity contribution is 7.92. The first-order valence-electron chi connectivity index (χ1n) is 10.9. The fourth-order valence-corrected chi connectivity index (χ4v) is 4.53. The zero-order valence-electron chi connectivity index (χ0n) is 19.4. The van der Waals surface area contributed by atoms with Crippen molar-refractivity contribution in [3.05, 3.63) is 53.8 Å². The lowest BCUT2D eigenvalue weighted by molar-refractivity contribution is 0.0164. The van der Waals surface area contributed by atoms with Crippen molar-refractivity contribution in [2.75, 3.05) is 24.4 Å². The van der Waals surface area contributed by atoms with Crippen LogP contribution >= 0.6 is 0 Å². The molecule has 1 amide bonds. The van der Waals surface area contributed by atoms with Crippen LogP contribution in [0.4, 0.5) is 14.9 Å². The van der Waals surface area contributed by atoms with Crippen LogP contribution in [0.2, 0.25) is 0 Å². The van der Waals surface area contributed by atoms with E-state index >= 15 is 0 Å². The van der Waals surface area contributed by atoms with E-state index in [-0.39, 0.29) is 35.0 Å². The summed E-state index contributed by atoms with van der Waals surface area (Å²) < 4.78 is 53.6. The van der Waals surface area contributed by atoms with Gasteiger partial charge in [0.1, 0.15) is 5.60 Å². The summed E-state index contributed by atoms with van der Waals surface area (Å²) in [7, 11) is -3.90. The molecule has 1 fully saturated rings. The molecule has 0 bridgehead atoms. The monoisotopic (exact) mass is 478 g/mol. The van der Waals surface area contributed by atoms with Gasteiger partial charge in [0.25, 0.3) is 10.0 Å². The summed E-state index contributed by atoms with van der Waals surface area (Å²) in [6.45, 7) is 8.59. The minimum Gasteiger partial charge on any atom is -0.488 e. The van der Waals surface area contributed by atoms with Crippen LogP contribution in [0.15, 0.2) is 47.4 Å². The molecule has 1 aliphatic rings. The molecule has 7 nitrogen and oxygen atoms in total. The van der Waals surface area contributed by atoms with E-state index in [9.17, 15) is 17.6 Å². The Labute approximate surface area is 194 Å². The number of nitrogens with zero attached hydrogens (tertiary/aromatic N) is 1. The van der Waals surface area contributed by atoms with E-state index in [0.717, 1.165) is 5.56 Å². The number of para-hydroxylation sites is 1. The molecular formula is C24H31FN2O5S. The molecule has 1 heterocycles. The van der Waals surface area contributed by atoms with Crippen molar-refractivity contribution >= 4 is 21.8 Å². The van der Waals surface area contributed by atoms with Gasteiger partial charge in [-0.05, 0) is 70.7 Å². The van der Waals surface area contributed by atoms with Crippen molar-refractivity contribution < 1.29 is 27.1 Å². The lowest BCUT2D eigenvalue weighted by atomic mass is 9.98. The number of carbonyl (C=O) groups excluding carboxylic acids is 1. The Hall–Kier alpha value is -2.81. The van der Waals surface area contributed by atoms with Crippen molar-refractivity contribution in [1.82, 2.24) is 4.90 Å². The molecule has 2 aromatic rings. The molecule has 0 spiro atoms. The predicted octanol–water partition coefficient (Wildman–Crippen LogP) is 4.96. The highest BCUT2D eigenvalue weighted by atomic mass is 32.2. The molecule has 1 N–H and O–H groups in total. The number of hydrogen-bond donors (Lipinski definition) is 1. The van der Waals surface area contributed by atoms with Crippen molar-refractivity contribution in [2.45, 2.75) is 51.0 Å². The third-order valence-corrected chi connectivity index (χ3v) is 6.65. The number of halogens is 1. The van der Waals surface area contributed by atoms with Crippen LogP contribution in [0.1, 0.15) is 39.2 Å². The minimum absolute atomic E-state index is 0.0433. The summed E-state index contributed by atoms with van der Waals surface area (Å²) in [5, 5.41) is 0. The molecule has 2 aromatic carbocycles. The molecule has 0 radical (unpaired) electrons. The first kappa shape index (κ1) is 24.8. The number of amides is 1. The molecule has 0 saturated carbocycles. The van der Waals surface area contributed by atoms with Gasteiger partial charge in [-0.1, -0.05) is 23.8 Å². The van der Waals surface area contributed by atoms with E-state index in [1.807, 2.05) is 27.7 Å². The Kier molecular flexibility index (Phi) is 7.51. The number of benzene rings is 2. The van der Waals surface area contributed by atoms with E-state index in [1.54, 1.807) is 17.0 Å². The summed E-state index contributed by atoms with van der Waals surface area (Å²) in [6, 6.07) is 10.5. The normalized spacial score (nSPS) is 15.2. The number of likely N-dealkylation sites (tertiary alicyclic amines) is 1. The topological polar surface area (TPSA) is 84.9 Å². The van der Waals surface area contributed by atoms with Crippen molar-refractivity contribution in [1.29, 1.82) is 0 Å². The summed E-state index contributed by atoms with van der Waals surface area (Å²) in [5.74, 6) is -0.682. The fourth-order valence-electron chi connectivity index (χ4n) is 3.47. The highest BCUT2D eigenvalue weighted by Crippen LogP contribution is 2.31. The van der Waals surface area contributed by atoms with Gasteiger partial charge in [-0.15, -0.1) is 0 Å². The van der Waals surface area contributed by atoms with Gasteiger partial charge in [-0.25, -0.2) is 17.6 Å². The molecule has 0 aromatic heterocycles. The Bertz CT molecular complexity index is 1070. The summed E-state index contributed by atoms with van der Waals surface area (Å²) in [4.78, 5) is 14.0. The van der Waals surface area contributed by atoms with Crippen LogP contribution in [-0.2, 0) is 14.8 Å². The third kappa shape index (κ3) is 6.83. The molecule has 1 aliphatic heterocycles. The van der Waals surface area contributed by atoms with E-state index in [4.69, 9.17) is 9.47 Å². The highest BCUT2D eigenvalue weighted by Gasteiger charge is 2.28. The number of ether oxygens (including phenoxy) is 2. The lowest BCUT2D eigenvalue weighted by Crippen LogP contribution is -2.42. The van der Waals surface area contributed by atoms with Gasteiger partial charge in [0.2, 0.25) is 0 Å². The van der Waals surface area contributed by atoms with Gasteiger partial charge in [0.05, 0.1) is 17.2 Å². The second kappa shape index (κ2) is 9.99. The van der Waals surface area contributed by atoms with Crippen molar-refractivity contribution in [3.8, 4) is 5.75 Å². The lowest BCUT2D eigenvalue weighted by Gasteiger charge is -2.33. The Morgan fingerprint density at radius 2 is 1.76 bits per heavy atom. The van der Waals surface area contributed by atoms with Crippen LogP contribution in [0.25, 0.3) is 0 Å². The van der Waals surface area contributed by atoms with Crippen molar-refractivity contribution in [2.24, 2.45) is 5.92 Å². The minimum atomic E-state index is -3.90. The van der Waals surface area contributed by atoms with Crippen LogP contribution in [0, 0.1) is 18.7 Å². The zero-order valence-corrected chi connectivity index (χ0v) is 20.2. The molecule has 0 aliphatic carbocycles. The molecule has 9 heteroatoms. The zero-order chi connectivity index (χ0) is 24.2. The van der Waals surface area contributed by atoms with E-state index in [2.05, 4.69) is 4.72 Å². The third-order valence-electron chi connectivity index (χ3n) is 5.27. The first-order chi connectivity index (χ1) is 15.4. The van der Waals surface area contributed by atoms with E-state index in [1.165, 1.54) is 30.3 Å². The van der Waals surface area contributed by atoms with Crippen LogP contribution in [0.3, 0.4) is 0 Å². The summed E-state index contributed by atoms with van der Waals surface area (Å²) in [5.41, 5.74) is 0.424. The Balaban J connectivity index is 1.62. The second-order valence-corrected chi connectivity index (χ2v) is 10.9. The van der Waals surface area contributed by atoms with Gasteiger partial charge >= 0.3 is 6.09 Å². The molecular weight excluding hydrogens is 447 g/mol. The Morgan fingerprint density at radius 1 is 1.12 bits per heavy atom. The number of carbonyl (C=O) groups is 1. The molecule has 33 heavy (non-hydrogen) atoms. The number of aryl methyl sites for hydroxylation is 1. The van der Waals surface area contributed by atoms with Gasteiger partial charge < -0.3 is 14.4 Å². The first-order valence-corrected chi connectivity index (χ1v) is 12.4. The number of piperidine rings is 1. The standard InChI is InChI=1S/C24H31FN2O5S/c1-17-8-10-19(11-9-17)33(29,30)26-21-7-5-6-20(25)22(21)31-16-18-12-14-27(15-13-18)23(28)32-24(2,3)4/h5-11,18,26H,12-16H2,1-4H3. The number of rotatable bonds is 6. The number of anilines is 1. The summed E-state index contributed by atoms with van der Waals surface area (Å²) in [6.07, 6.45) is 1.01. The molecule has 0 atom stereocenters. The van der Waals surface area contributed by atoms with Gasteiger partial charge in [-0.3, -0.25) is 4.72 Å². The van der Waals surface area contributed by atoms with Crippen molar-refractivity contribution in [3.63, 3.8) is 0 Å². The average Bonchev–Trinajstić information content (AvgIpc) is 2.72. The fraction of sp³-hybridized carbons (Fsp3) is 0.458. The number of hydrogen-bond acceptors (Lipinski definition) is 5. The molecule has 0 unspecified atom stereocenters. The average molecular weight is 479 g/mol.